The quantitative estimate of drug-likeness (QED) is 0.867. The first kappa shape index (κ1) is 14.1. The van der Waals surface area contributed by atoms with Gasteiger partial charge < -0.3 is 10.1 Å². The van der Waals surface area contributed by atoms with Crippen molar-refractivity contribution in [3.05, 3.63) is 29.3 Å². The first-order valence-corrected chi connectivity index (χ1v) is 7.36. The number of carbonyl (C=O) groups excluding carboxylic acids is 2. The molecule has 5 nitrogen and oxygen atoms in total. The molecule has 0 saturated heterocycles. The second kappa shape index (κ2) is 5.48. The largest absolute Gasteiger partial charge is 0.382 e. The highest BCUT2D eigenvalue weighted by atomic mass is 16.5. The highest BCUT2D eigenvalue weighted by molar-refractivity contribution is 6.21. The molecule has 1 aliphatic heterocycles. The van der Waals surface area contributed by atoms with E-state index >= 15 is 0 Å². The van der Waals surface area contributed by atoms with Gasteiger partial charge in [-0.3, -0.25) is 14.5 Å². The normalized spacial score (nSPS) is 25.1. The molecule has 1 aromatic carbocycles. The topological polar surface area (TPSA) is 58.6 Å². The molecule has 1 N–H and O–H groups in total. The summed E-state index contributed by atoms with van der Waals surface area (Å²) < 4.78 is 5.37. The lowest BCUT2D eigenvalue weighted by atomic mass is 9.92. The summed E-state index contributed by atoms with van der Waals surface area (Å²) in [5, 5.41) is 3.47. The van der Waals surface area contributed by atoms with Crippen LogP contribution in [0.15, 0.2) is 18.2 Å². The molecule has 1 heterocycles. The first-order valence-electron chi connectivity index (χ1n) is 7.36. The van der Waals surface area contributed by atoms with Crippen LogP contribution in [0.25, 0.3) is 0 Å². The molecule has 0 spiro atoms. The van der Waals surface area contributed by atoms with Crippen molar-refractivity contribution in [1.29, 1.82) is 0 Å². The van der Waals surface area contributed by atoms with Gasteiger partial charge in [0, 0.05) is 25.9 Å². The molecule has 1 aromatic rings. The monoisotopic (exact) mass is 288 g/mol. The number of nitrogens with one attached hydrogen (secondary N) is 1. The lowest BCUT2D eigenvalue weighted by molar-refractivity contribution is 0.0681. The molecule has 112 valence electrons. The van der Waals surface area contributed by atoms with Gasteiger partial charge >= 0.3 is 0 Å². The number of amides is 2. The molecule has 1 saturated carbocycles. The van der Waals surface area contributed by atoms with Crippen LogP contribution in [0.3, 0.4) is 0 Å². The Morgan fingerprint density at radius 1 is 1.10 bits per heavy atom. The van der Waals surface area contributed by atoms with Gasteiger partial charge in [0.25, 0.3) is 11.8 Å². The Bertz CT molecular complexity index is 577. The number of rotatable bonds is 3. The molecule has 0 radical (unpaired) electrons. The molecule has 0 unspecified atom stereocenters. The van der Waals surface area contributed by atoms with E-state index in [4.69, 9.17) is 4.74 Å². The lowest BCUT2D eigenvalue weighted by Crippen LogP contribution is -2.29. The maximum Gasteiger partial charge on any atom is 0.261 e. The zero-order valence-corrected chi connectivity index (χ0v) is 12.4. The van der Waals surface area contributed by atoms with Crippen molar-refractivity contribution in [1.82, 2.24) is 4.90 Å². The summed E-state index contributed by atoms with van der Waals surface area (Å²) >= 11 is 0. The first-order chi connectivity index (χ1) is 10.1. The van der Waals surface area contributed by atoms with Crippen molar-refractivity contribution in [3.8, 4) is 0 Å². The molecule has 2 amide bonds. The molecule has 0 bridgehead atoms. The molecule has 3 rings (SSSR count). The van der Waals surface area contributed by atoms with E-state index in [-0.39, 0.29) is 11.8 Å². The number of hydrogen-bond acceptors (Lipinski definition) is 4. The third kappa shape index (κ3) is 2.53. The highest BCUT2D eigenvalue weighted by Crippen LogP contribution is 2.27. The number of anilines is 1. The molecule has 21 heavy (non-hydrogen) atoms. The SMILES string of the molecule is COC1CCC(Nc2ccc3c(c2)C(=O)N(C)C3=O)CC1. The fourth-order valence-electron chi connectivity index (χ4n) is 3.13. The second-order valence-corrected chi connectivity index (χ2v) is 5.78. The van der Waals surface area contributed by atoms with E-state index in [0.717, 1.165) is 36.3 Å². The van der Waals surface area contributed by atoms with Gasteiger partial charge in [0.1, 0.15) is 0 Å². The van der Waals surface area contributed by atoms with E-state index in [0.29, 0.717) is 23.3 Å². The van der Waals surface area contributed by atoms with E-state index in [2.05, 4.69) is 5.32 Å². The zero-order valence-electron chi connectivity index (χ0n) is 12.4. The maximum absolute atomic E-state index is 12.0. The van der Waals surface area contributed by atoms with Gasteiger partial charge in [0.05, 0.1) is 17.2 Å². The molecule has 5 heteroatoms. The van der Waals surface area contributed by atoms with Crippen molar-refractivity contribution < 1.29 is 14.3 Å². The van der Waals surface area contributed by atoms with E-state index in [9.17, 15) is 9.59 Å². The third-order valence-electron chi connectivity index (χ3n) is 4.47. The minimum atomic E-state index is -0.221. The maximum atomic E-state index is 12.0. The van der Waals surface area contributed by atoms with Crippen LogP contribution in [-0.4, -0.2) is 43.0 Å². The summed E-state index contributed by atoms with van der Waals surface area (Å²) in [6.07, 6.45) is 4.60. The Kier molecular flexibility index (Phi) is 3.68. The number of fused-ring (bicyclic) bond motifs is 1. The van der Waals surface area contributed by atoms with E-state index in [1.165, 1.54) is 7.05 Å². The van der Waals surface area contributed by atoms with Crippen LogP contribution in [0.4, 0.5) is 5.69 Å². The van der Waals surface area contributed by atoms with Crippen molar-refractivity contribution in [2.45, 2.75) is 37.8 Å². The van der Waals surface area contributed by atoms with Gasteiger partial charge in [-0.1, -0.05) is 0 Å². The fourth-order valence-corrected chi connectivity index (χ4v) is 3.13. The van der Waals surface area contributed by atoms with Crippen molar-refractivity contribution in [2.75, 3.05) is 19.5 Å². The van der Waals surface area contributed by atoms with Crippen LogP contribution >= 0.6 is 0 Å². The van der Waals surface area contributed by atoms with Gasteiger partial charge in [-0.15, -0.1) is 0 Å². The molecular weight excluding hydrogens is 268 g/mol. The standard InChI is InChI=1S/C16H20N2O3/c1-18-15(19)13-8-5-11(9-14(13)16(18)20)17-10-3-6-12(21-2)7-4-10/h5,8-10,12,17H,3-4,6-7H2,1-2H3. The number of carbonyl (C=O) groups is 2. The Morgan fingerprint density at radius 2 is 1.76 bits per heavy atom. The van der Waals surface area contributed by atoms with Gasteiger partial charge in [-0.2, -0.15) is 0 Å². The highest BCUT2D eigenvalue weighted by Gasteiger charge is 2.32. The van der Waals surface area contributed by atoms with E-state index in [1.807, 2.05) is 6.07 Å². The minimum Gasteiger partial charge on any atom is -0.382 e. The fraction of sp³-hybridized carbons (Fsp3) is 0.500. The smallest absolute Gasteiger partial charge is 0.261 e. The average molecular weight is 288 g/mol. The number of hydrogen-bond donors (Lipinski definition) is 1. The van der Waals surface area contributed by atoms with Gasteiger partial charge in [0.15, 0.2) is 0 Å². The molecule has 1 fully saturated rings. The van der Waals surface area contributed by atoms with Crippen molar-refractivity contribution in [2.24, 2.45) is 0 Å². The van der Waals surface area contributed by atoms with Gasteiger partial charge in [-0.25, -0.2) is 0 Å². The van der Waals surface area contributed by atoms with Crippen LogP contribution in [0.5, 0.6) is 0 Å². The predicted octanol–water partition coefficient (Wildman–Crippen LogP) is 2.28. The summed E-state index contributed by atoms with van der Waals surface area (Å²) in [4.78, 5) is 25.0. The van der Waals surface area contributed by atoms with Gasteiger partial charge in [-0.05, 0) is 43.9 Å². The summed E-state index contributed by atoms with van der Waals surface area (Å²) in [7, 11) is 3.28. The van der Waals surface area contributed by atoms with Crippen LogP contribution in [0.1, 0.15) is 46.4 Å². The van der Waals surface area contributed by atoms with Crippen LogP contribution < -0.4 is 5.32 Å². The summed E-state index contributed by atoms with van der Waals surface area (Å²) in [5.74, 6) is -0.441. The Labute approximate surface area is 124 Å². The van der Waals surface area contributed by atoms with Crippen LogP contribution in [-0.2, 0) is 4.74 Å². The summed E-state index contributed by atoms with van der Waals surface area (Å²) in [6, 6.07) is 5.81. The number of ether oxygens (including phenoxy) is 1. The lowest BCUT2D eigenvalue weighted by Gasteiger charge is -2.29. The average Bonchev–Trinajstić information content (AvgIpc) is 2.73. The van der Waals surface area contributed by atoms with Gasteiger partial charge in [0.2, 0.25) is 0 Å². The number of nitrogens with zero attached hydrogens (tertiary/aromatic N) is 1. The molecule has 0 atom stereocenters. The van der Waals surface area contributed by atoms with E-state index in [1.54, 1.807) is 19.2 Å². The summed E-state index contributed by atoms with van der Waals surface area (Å²) in [5.41, 5.74) is 1.90. The van der Waals surface area contributed by atoms with E-state index < -0.39 is 0 Å². The number of benzene rings is 1. The van der Waals surface area contributed by atoms with Crippen LogP contribution in [0, 0.1) is 0 Å². The van der Waals surface area contributed by atoms with Crippen molar-refractivity contribution >= 4 is 17.5 Å². The molecule has 1 aliphatic carbocycles. The third-order valence-corrected chi connectivity index (χ3v) is 4.47. The molecule has 2 aliphatic rings. The Morgan fingerprint density at radius 3 is 2.43 bits per heavy atom. The van der Waals surface area contributed by atoms with Crippen molar-refractivity contribution in [3.63, 3.8) is 0 Å². The minimum absolute atomic E-state index is 0.220. The number of imide groups is 1. The van der Waals surface area contributed by atoms with Crippen LogP contribution in [0.2, 0.25) is 0 Å². The molecule has 0 aromatic heterocycles. The Balaban J connectivity index is 1.71. The second-order valence-electron chi connectivity index (χ2n) is 5.78. The number of methoxy groups -OCH3 is 1. The predicted molar refractivity (Wildman–Crippen MR) is 79.5 cm³/mol. The summed E-state index contributed by atoms with van der Waals surface area (Å²) in [6.45, 7) is 0. The Hall–Kier alpha value is -1.88. The zero-order chi connectivity index (χ0) is 15.0. The molecular formula is C16H20N2O3.